The predicted octanol–water partition coefficient (Wildman–Crippen LogP) is 4.07. The molecule has 1 aromatic heterocycles. The Hall–Kier alpha value is -0.430. The van der Waals surface area contributed by atoms with Gasteiger partial charge in [0.05, 0.1) is 6.10 Å². The van der Waals surface area contributed by atoms with Crippen molar-refractivity contribution < 1.29 is 5.11 Å². The second kappa shape index (κ2) is 6.14. The summed E-state index contributed by atoms with van der Waals surface area (Å²) in [5.74, 6) is 0.891. The average molecular weight is 345 g/mol. The van der Waals surface area contributed by atoms with Gasteiger partial charge in [-0.15, -0.1) is 0 Å². The number of aliphatic hydroxyl groups is 1. The first kappa shape index (κ1) is 14.0. The summed E-state index contributed by atoms with van der Waals surface area (Å²) >= 11 is 6.49. The number of halogens is 1. The molecular formula is C12H13BrN2OS2. The molecule has 0 aliphatic carbocycles. The van der Waals surface area contributed by atoms with Crippen molar-refractivity contribution in [2.75, 3.05) is 0 Å². The van der Waals surface area contributed by atoms with E-state index in [-0.39, 0.29) is 0 Å². The summed E-state index contributed by atoms with van der Waals surface area (Å²) in [6.45, 7) is 3.80. The molecule has 2 rings (SSSR count). The molecule has 0 saturated heterocycles. The van der Waals surface area contributed by atoms with Crippen molar-refractivity contribution in [1.82, 2.24) is 9.36 Å². The Balaban J connectivity index is 2.17. The van der Waals surface area contributed by atoms with Crippen molar-refractivity contribution in [2.45, 2.75) is 35.6 Å². The molecule has 0 fully saturated rings. The largest absolute Gasteiger partial charge is 0.389 e. The first-order valence-electron chi connectivity index (χ1n) is 5.58. The molecule has 96 valence electrons. The molecule has 3 nitrogen and oxygen atoms in total. The Labute approximate surface area is 123 Å². The third-order valence-corrected chi connectivity index (χ3v) is 4.86. The number of rotatable bonds is 4. The van der Waals surface area contributed by atoms with Gasteiger partial charge in [-0.1, -0.05) is 40.7 Å². The number of hydrogen-bond donors (Lipinski definition) is 1. The van der Waals surface area contributed by atoms with Gasteiger partial charge in [-0.05, 0) is 36.2 Å². The maximum Gasteiger partial charge on any atom is 0.174 e. The van der Waals surface area contributed by atoms with Gasteiger partial charge in [0.2, 0.25) is 0 Å². The second-order valence-corrected chi connectivity index (χ2v) is 6.72. The van der Waals surface area contributed by atoms with Gasteiger partial charge in [-0.3, -0.25) is 0 Å². The van der Waals surface area contributed by atoms with Crippen molar-refractivity contribution >= 4 is 39.2 Å². The van der Waals surface area contributed by atoms with Gasteiger partial charge in [-0.25, -0.2) is 4.98 Å². The smallest absolute Gasteiger partial charge is 0.174 e. The van der Waals surface area contributed by atoms with E-state index in [4.69, 9.17) is 0 Å². The minimum atomic E-state index is -0.466. The minimum Gasteiger partial charge on any atom is -0.389 e. The van der Waals surface area contributed by atoms with Crippen molar-refractivity contribution in [3.63, 3.8) is 0 Å². The van der Waals surface area contributed by atoms with Crippen LogP contribution < -0.4 is 0 Å². The lowest BCUT2D eigenvalue weighted by Gasteiger charge is -2.08. The van der Waals surface area contributed by atoms with E-state index in [0.29, 0.717) is 0 Å². The molecule has 1 atom stereocenters. The highest BCUT2D eigenvalue weighted by Crippen LogP contribution is 2.33. The molecule has 6 heteroatoms. The quantitative estimate of drug-likeness (QED) is 0.907. The molecule has 18 heavy (non-hydrogen) atoms. The monoisotopic (exact) mass is 344 g/mol. The van der Waals surface area contributed by atoms with Crippen LogP contribution in [0.5, 0.6) is 0 Å². The molecule has 0 aliphatic heterocycles. The van der Waals surface area contributed by atoms with Crippen molar-refractivity contribution in [2.24, 2.45) is 0 Å². The Morgan fingerprint density at radius 3 is 2.83 bits per heavy atom. The highest BCUT2D eigenvalue weighted by atomic mass is 79.9. The number of hydrogen-bond acceptors (Lipinski definition) is 5. The standard InChI is InChI=1S/C12H13BrN2OS2/c1-3-11-14-12(18-15-11)17-8-4-5-9(7(2)16)10(13)6-8/h4-7,16H,3H2,1-2H3. The summed E-state index contributed by atoms with van der Waals surface area (Å²) < 4.78 is 6.12. The number of aliphatic hydroxyl groups excluding tert-OH is 1. The first-order chi connectivity index (χ1) is 8.60. The molecule has 0 aliphatic rings. The van der Waals surface area contributed by atoms with E-state index in [9.17, 15) is 5.11 Å². The van der Waals surface area contributed by atoms with Crippen LogP contribution in [0.25, 0.3) is 0 Å². The van der Waals surface area contributed by atoms with E-state index >= 15 is 0 Å². The molecule has 0 saturated carbocycles. The Bertz CT molecular complexity index is 543. The van der Waals surface area contributed by atoms with Gasteiger partial charge >= 0.3 is 0 Å². The molecular weight excluding hydrogens is 332 g/mol. The highest BCUT2D eigenvalue weighted by Gasteiger charge is 2.09. The summed E-state index contributed by atoms with van der Waals surface area (Å²) in [5, 5.41) is 9.56. The zero-order valence-corrected chi connectivity index (χ0v) is 13.3. The SMILES string of the molecule is CCc1nsc(Sc2ccc(C(C)O)c(Br)c2)n1. The molecule has 2 aromatic rings. The number of aryl methyl sites for hydroxylation is 1. The van der Waals surface area contributed by atoms with E-state index < -0.39 is 6.10 Å². The fourth-order valence-corrected chi connectivity index (χ4v) is 4.01. The molecule has 0 amide bonds. The fourth-order valence-electron chi connectivity index (χ4n) is 1.43. The van der Waals surface area contributed by atoms with Crippen LogP contribution in [0, 0.1) is 0 Å². The first-order valence-corrected chi connectivity index (χ1v) is 7.96. The van der Waals surface area contributed by atoms with Crippen molar-refractivity contribution in [3.05, 3.63) is 34.1 Å². The lowest BCUT2D eigenvalue weighted by atomic mass is 10.1. The van der Waals surface area contributed by atoms with Crippen molar-refractivity contribution in [3.8, 4) is 0 Å². The van der Waals surface area contributed by atoms with Crippen LogP contribution in [-0.2, 0) is 6.42 Å². The van der Waals surface area contributed by atoms with Gasteiger partial charge in [-0.2, -0.15) is 4.37 Å². The van der Waals surface area contributed by atoms with Crippen LogP contribution in [-0.4, -0.2) is 14.5 Å². The average Bonchev–Trinajstić information content (AvgIpc) is 2.76. The maximum absolute atomic E-state index is 9.56. The van der Waals surface area contributed by atoms with Gasteiger partial charge < -0.3 is 5.11 Å². The van der Waals surface area contributed by atoms with Crippen LogP contribution in [0.3, 0.4) is 0 Å². The molecule has 1 aromatic carbocycles. The maximum atomic E-state index is 9.56. The van der Waals surface area contributed by atoms with Crippen LogP contribution in [0.1, 0.15) is 31.3 Å². The van der Waals surface area contributed by atoms with E-state index in [2.05, 4.69) is 25.3 Å². The van der Waals surface area contributed by atoms with E-state index in [1.54, 1.807) is 18.7 Å². The van der Waals surface area contributed by atoms with Crippen LogP contribution in [0.2, 0.25) is 0 Å². The van der Waals surface area contributed by atoms with Gasteiger partial charge in [0, 0.05) is 15.8 Å². The summed E-state index contributed by atoms with van der Waals surface area (Å²) in [5.41, 5.74) is 0.894. The molecule has 0 radical (unpaired) electrons. The summed E-state index contributed by atoms with van der Waals surface area (Å²) in [7, 11) is 0. The molecule has 1 heterocycles. The minimum absolute atomic E-state index is 0.466. The molecule has 0 spiro atoms. The summed E-state index contributed by atoms with van der Waals surface area (Å²) in [4.78, 5) is 5.50. The number of aromatic nitrogens is 2. The van der Waals surface area contributed by atoms with Gasteiger partial charge in [0.15, 0.2) is 4.34 Å². The number of nitrogens with zero attached hydrogens (tertiary/aromatic N) is 2. The second-order valence-electron chi connectivity index (χ2n) is 3.79. The van der Waals surface area contributed by atoms with Gasteiger partial charge in [0.25, 0.3) is 0 Å². The van der Waals surface area contributed by atoms with E-state index in [1.807, 2.05) is 25.1 Å². The summed E-state index contributed by atoms with van der Waals surface area (Å²) in [6, 6.07) is 5.92. The van der Waals surface area contributed by atoms with E-state index in [1.165, 1.54) is 11.5 Å². The van der Waals surface area contributed by atoms with Crippen LogP contribution in [0.4, 0.5) is 0 Å². The normalized spacial score (nSPS) is 12.7. The third-order valence-electron chi connectivity index (χ3n) is 2.39. The predicted molar refractivity (Wildman–Crippen MR) is 78.2 cm³/mol. The lowest BCUT2D eigenvalue weighted by molar-refractivity contribution is 0.198. The summed E-state index contributed by atoms with van der Waals surface area (Å²) in [6.07, 6.45) is 0.397. The van der Waals surface area contributed by atoms with Crippen LogP contribution >= 0.6 is 39.2 Å². The Morgan fingerprint density at radius 1 is 1.50 bits per heavy atom. The molecule has 1 unspecified atom stereocenters. The van der Waals surface area contributed by atoms with Crippen molar-refractivity contribution in [1.29, 1.82) is 0 Å². The third kappa shape index (κ3) is 3.32. The number of benzene rings is 1. The molecule has 1 N–H and O–H groups in total. The van der Waals surface area contributed by atoms with Gasteiger partial charge in [0.1, 0.15) is 5.82 Å². The zero-order chi connectivity index (χ0) is 13.1. The topological polar surface area (TPSA) is 46.0 Å². The zero-order valence-electron chi connectivity index (χ0n) is 10.1. The Morgan fingerprint density at radius 2 is 2.28 bits per heavy atom. The van der Waals surface area contributed by atoms with Crippen LogP contribution in [0.15, 0.2) is 31.9 Å². The van der Waals surface area contributed by atoms with E-state index in [0.717, 1.165) is 31.5 Å². The Kier molecular flexibility index (Phi) is 4.77. The molecule has 0 bridgehead atoms. The highest BCUT2D eigenvalue weighted by molar-refractivity contribution is 9.10. The fraction of sp³-hybridized carbons (Fsp3) is 0.333. The lowest BCUT2D eigenvalue weighted by Crippen LogP contribution is -1.92.